The molecule has 3 heteroatoms. The van der Waals surface area contributed by atoms with Gasteiger partial charge in [-0.25, -0.2) is 4.79 Å². The van der Waals surface area contributed by atoms with Crippen LogP contribution in [0, 0.1) is 5.41 Å². The Morgan fingerprint density at radius 2 is 1.41 bits per heavy atom. The molecule has 2 rings (SSSR count). The standard InChI is InChI=1S/C14H11NO2/c15-13(10-6-2-1-3-7-10)11-8-4-5-9-12(11)14(16)17/h1-9,15H,(H,16,17). The number of rotatable bonds is 3. The Morgan fingerprint density at radius 1 is 0.882 bits per heavy atom. The number of hydrogen-bond donors (Lipinski definition) is 2. The molecule has 0 amide bonds. The summed E-state index contributed by atoms with van der Waals surface area (Å²) in [4.78, 5) is 11.1. The van der Waals surface area contributed by atoms with Crippen LogP contribution >= 0.6 is 0 Å². The Kier molecular flexibility index (Phi) is 3.01. The van der Waals surface area contributed by atoms with E-state index >= 15 is 0 Å². The van der Waals surface area contributed by atoms with Gasteiger partial charge in [-0.3, -0.25) is 5.41 Å². The van der Waals surface area contributed by atoms with Crippen LogP contribution in [0.15, 0.2) is 54.6 Å². The van der Waals surface area contributed by atoms with Gasteiger partial charge in [0.05, 0.1) is 11.3 Å². The average molecular weight is 225 g/mol. The first-order chi connectivity index (χ1) is 8.20. The molecule has 2 aromatic carbocycles. The smallest absolute Gasteiger partial charge is 0.336 e. The molecular weight excluding hydrogens is 214 g/mol. The second-order valence-electron chi connectivity index (χ2n) is 3.59. The molecule has 0 unspecified atom stereocenters. The number of carboxylic acids is 1. The monoisotopic (exact) mass is 225 g/mol. The third-order valence-corrected chi connectivity index (χ3v) is 2.49. The van der Waals surface area contributed by atoms with Crippen molar-refractivity contribution >= 4 is 11.7 Å². The zero-order valence-electron chi connectivity index (χ0n) is 9.05. The normalized spacial score (nSPS) is 9.88. The Bertz CT molecular complexity index is 561. The molecule has 84 valence electrons. The van der Waals surface area contributed by atoms with Gasteiger partial charge in [-0.1, -0.05) is 48.5 Å². The lowest BCUT2D eigenvalue weighted by Gasteiger charge is -2.07. The lowest BCUT2D eigenvalue weighted by atomic mass is 9.98. The van der Waals surface area contributed by atoms with Crippen molar-refractivity contribution in [2.45, 2.75) is 0 Å². The van der Waals surface area contributed by atoms with E-state index in [2.05, 4.69) is 0 Å². The molecule has 0 aliphatic heterocycles. The quantitative estimate of drug-likeness (QED) is 0.789. The predicted molar refractivity (Wildman–Crippen MR) is 65.8 cm³/mol. The Balaban J connectivity index is 2.48. The Labute approximate surface area is 98.9 Å². The zero-order valence-corrected chi connectivity index (χ0v) is 9.05. The van der Waals surface area contributed by atoms with Crippen LogP contribution in [0.25, 0.3) is 0 Å². The highest BCUT2D eigenvalue weighted by Crippen LogP contribution is 2.14. The van der Waals surface area contributed by atoms with Gasteiger partial charge >= 0.3 is 5.97 Å². The lowest BCUT2D eigenvalue weighted by Crippen LogP contribution is -2.09. The van der Waals surface area contributed by atoms with Gasteiger partial charge in [-0.05, 0) is 6.07 Å². The second-order valence-corrected chi connectivity index (χ2v) is 3.59. The van der Waals surface area contributed by atoms with Gasteiger partial charge in [0.1, 0.15) is 0 Å². The summed E-state index contributed by atoms with van der Waals surface area (Å²) in [6, 6.07) is 15.7. The van der Waals surface area contributed by atoms with Gasteiger partial charge in [0.2, 0.25) is 0 Å². The van der Waals surface area contributed by atoms with Crippen LogP contribution in [0.4, 0.5) is 0 Å². The molecule has 2 aromatic rings. The first-order valence-electron chi connectivity index (χ1n) is 5.17. The van der Waals surface area contributed by atoms with Gasteiger partial charge in [0.15, 0.2) is 0 Å². The summed E-state index contributed by atoms with van der Waals surface area (Å²) in [5, 5.41) is 17.1. The SMILES string of the molecule is N=C(c1ccccc1)c1ccccc1C(=O)O. The summed E-state index contributed by atoms with van der Waals surface area (Å²) >= 11 is 0. The molecule has 0 aliphatic carbocycles. The number of hydrogen-bond acceptors (Lipinski definition) is 2. The maximum Gasteiger partial charge on any atom is 0.336 e. The number of aromatic carboxylic acids is 1. The topological polar surface area (TPSA) is 61.2 Å². The number of nitrogens with one attached hydrogen (secondary N) is 1. The minimum Gasteiger partial charge on any atom is -0.478 e. The third-order valence-electron chi connectivity index (χ3n) is 2.49. The van der Waals surface area contributed by atoms with E-state index in [1.54, 1.807) is 30.3 Å². The van der Waals surface area contributed by atoms with E-state index in [-0.39, 0.29) is 11.3 Å². The fourth-order valence-corrected chi connectivity index (χ4v) is 1.65. The summed E-state index contributed by atoms with van der Waals surface area (Å²) in [5.74, 6) is -1.01. The zero-order chi connectivity index (χ0) is 12.3. The summed E-state index contributed by atoms with van der Waals surface area (Å²) in [7, 11) is 0. The van der Waals surface area contributed by atoms with Gasteiger partial charge in [-0.15, -0.1) is 0 Å². The van der Waals surface area contributed by atoms with E-state index in [0.717, 1.165) is 0 Å². The van der Waals surface area contributed by atoms with Crippen molar-refractivity contribution in [3.05, 3.63) is 71.3 Å². The highest BCUT2D eigenvalue weighted by Gasteiger charge is 2.13. The van der Waals surface area contributed by atoms with Crippen LogP contribution in [-0.2, 0) is 0 Å². The summed E-state index contributed by atoms with van der Waals surface area (Å²) in [6.07, 6.45) is 0. The fourth-order valence-electron chi connectivity index (χ4n) is 1.65. The van der Waals surface area contributed by atoms with E-state index in [1.165, 1.54) is 6.07 Å². The maximum absolute atomic E-state index is 11.1. The number of carbonyl (C=O) groups is 1. The van der Waals surface area contributed by atoms with Crippen LogP contribution in [0.3, 0.4) is 0 Å². The predicted octanol–water partition coefficient (Wildman–Crippen LogP) is 2.80. The van der Waals surface area contributed by atoms with Crippen molar-refractivity contribution in [3.8, 4) is 0 Å². The van der Waals surface area contributed by atoms with Crippen molar-refractivity contribution in [2.75, 3.05) is 0 Å². The molecule has 0 heterocycles. The molecule has 0 fully saturated rings. The van der Waals surface area contributed by atoms with Gasteiger partial charge < -0.3 is 5.11 Å². The van der Waals surface area contributed by atoms with Gasteiger partial charge in [0, 0.05) is 11.1 Å². The largest absolute Gasteiger partial charge is 0.478 e. The molecule has 3 nitrogen and oxygen atoms in total. The molecule has 0 aliphatic rings. The highest BCUT2D eigenvalue weighted by atomic mass is 16.4. The van der Waals surface area contributed by atoms with E-state index < -0.39 is 5.97 Å². The van der Waals surface area contributed by atoms with E-state index in [0.29, 0.717) is 11.1 Å². The molecule has 0 atom stereocenters. The Hall–Kier alpha value is -2.42. The minimum atomic E-state index is -1.01. The lowest BCUT2D eigenvalue weighted by molar-refractivity contribution is 0.0696. The average Bonchev–Trinajstić information content (AvgIpc) is 2.39. The van der Waals surface area contributed by atoms with Crippen LogP contribution in [-0.4, -0.2) is 16.8 Å². The molecule has 17 heavy (non-hydrogen) atoms. The summed E-state index contributed by atoms with van der Waals surface area (Å²) < 4.78 is 0. The first-order valence-corrected chi connectivity index (χ1v) is 5.17. The third kappa shape index (κ3) is 2.23. The van der Waals surface area contributed by atoms with Crippen LogP contribution < -0.4 is 0 Å². The summed E-state index contributed by atoms with van der Waals surface area (Å²) in [6.45, 7) is 0. The molecule has 0 saturated carbocycles. The van der Waals surface area contributed by atoms with E-state index in [4.69, 9.17) is 10.5 Å². The molecular formula is C14H11NO2. The second kappa shape index (κ2) is 4.61. The van der Waals surface area contributed by atoms with Crippen molar-refractivity contribution < 1.29 is 9.90 Å². The maximum atomic E-state index is 11.1. The summed E-state index contributed by atoms with van der Waals surface area (Å²) in [5.41, 5.74) is 1.53. The van der Waals surface area contributed by atoms with Crippen molar-refractivity contribution in [1.82, 2.24) is 0 Å². The van der Waals surface area contributed by atoms with Gasteiger partial charge in [-0.2, -0.15) is 0 Å². The molecule has 0 bridgehead atoms. The highest BCUT2D eigenvalue weighted by molar-refractivity contribution is 6.15. The van der Waals surface area contributed by atoms with Crippen LogP contribution in [0.2, 0.25) is 0 Å². The molecule has 0 radical (unpaired) electrons. The molecule has 2 N–H and O–H groups in total. The Morgan fingerprint density at radius 3 is 2.00 bits per heavy atom. The van der Waals surface area contributed by atoms with Crippen molar-refractivity contribution in [3.63, 3.8) is 0 Å². The number of carboxylic acid groups (broad SMARTS) is 1. The fraction of sp³-hybridized carbons (Fsp3) is 0. The van der Waals surface area contributed by atoms with E-state index in [1.807, 2.05) is 18.2 Å². The van der Waals surface area contributed by atoms with Gasteiger partial charge in [0.25, 0.3) is 0 Å². The van der Waals surface area contributed by atoms with Crippen molar-refractivity contribution in [2.24, 2.45) is 0 Å². The van der Waals surface area contributed by atoms with E-state index in [9.17, 15) is 4.79 Å². The van der Waals surface area contributed by atoms with Crippen LogP contribution in [0.1, 0.15) is 21.5 Å². The van der Waals surface area contributed by atoms with Crippen molar-refractivity contribution in [1.29, 1.82) is 5.41 Å². The molecule has 0 aromatic heterocycles. The minimum absolute atomic E-state index is 0.154. The first kappa shape index (κ1) is 11.1. The molecule has 0 spiro atoms. The van der Waals surface area contributed by atoms with Crippen LogP contribution in [0.5, 0.6) is 0 Å². The number of benzene rings is 2. The molecule has 0 saturated heterocycles.